The summed E-state index contributed by atoms with van der Waals surface area (Å²) in [5.74, 6) is 0. The first-order valence-electron chi connectivity index (χ1n) is 10.1. The standard InChI is InChI=1S/C23H22N6O/c1-16-4-2-5-19(14-16)25-23(30)28-13-3-6-20(28)22-21-8-7-18(15-29(21)27-26-22)17-9-11-24-12-10-17/h2,4-5,7-12,14-15,20H,3,6,13H2,1H3,(H,25,30). The van der Waals surface area contributed by atoms with Crippen molar-refractivity contribution < 1.29 is 4.79 Å². The number of hydrogen-bond donors (Lipinski definition) is 1. The molecular formula is C23H22N6O. The summed E-state index contributed by atoms with van der Waals surface area (Å²) < 4.78 is 1.79. The van der Waals surface area contributed by atoms with Crippen LogP contribution in [-0.2, 0) is 0 Å². The van der Waals surface area contributed by atoms with E-state index in [0.29, 0.717) is 6.54 Å². The molecule has 150 valence electrons. The molecule has 1 aliphatic rings. The fourth-order valence-corrected chi connectivity index (χ4v) is 4.08. The molecule has 1 N–H and O–H groups in total. The molecule has 0 aliphatic carbocycles. The van der Waals surface area contributed by atoms with Gasteiger partial charge in [-0.2, -0.15) is 0 Å². The number of aryl methyl sites for hydroxylation is 1. The van der Waals surface area contributed by atoms with Gasteiger partial charge >= 0.3 is 6.03 Å². The molecule has 7 nitrogen and oxygen atoms in total. The Balaban J connectivity index is 1.42. The lowest BCUT2D eigenvalue weighted by Gasteiger charge is -2.23. The number of nitrogens with one attached hydrogen (secondary N) is 1. The average Bonchev–Trinajstić information content (AvgIpc) is 3.40. The van der Waals surface area contributed by atoms with Crippen LogP contribution in [0.2, 0.25) is 0 Å². The number of likely N-dealkylation sites (tertiary alicyclic amines) is 1. The average molecular weight is 398 g/mol. The Morgan fingerprint density at radius 3 is 2.80 bits per heavy atom. The van der Waals surface area contributed by atoms with Gasteiger partial charge in [0.15, 0.2) is 0 Å². The predicted octanol–water partition coefficient (Wildman–Crippen LogP) is 4.47. The second-order valence-corrected chi connectivity index (χ2v) is 7.61. The van der Waals surface area contributed by atoms with Gasteiger partial charge in [0.2, 0.25) is 0 Å². The van der Waals surface area contributed by atoms with Crippen molar-refractivity contribution in [3.8, 4) is 11.1 Å². The minimum Gasteiger partial charge on any atom is -0.316 e. The molecule has 7 heteroatoms. The lowest BCUT2D eigenvalue weighted by molar-refractivity contribution is 0.206. The molecule has 4 aromatic rings. The number of fused-ring (bicyclic) bond motifs is 1. The first-order chi connectivity index (χ1) is 14.7. The van der Waals surface area contributed by atoms with E-state index in [1.54, 1.807) is 16.9 Å². The number of rotatable bonds is 3. The highest BCUT2D eigenvalue weighted by Crippen LogP contribution is 2.34. The monoisotopic (exact) mass is 398 g/mol. The topological polar surface area (TPSA) is 75.4 Å². The maximum atomic E-state index is 13.0. The molecule has 0 bridgehead atoms. The molecule has 5 rings (SSSR count). The van der Waals surface area contributed by atoms with E-state index in [2.05, 4.69) is 26.7 Å². The highest BCUT2D eigenvalue weighted by Gasteiger charge is 2.33. The van der Waals surface area contributed by atoms with Crippen LogP contribution < -0.4 is 5.32 Å². The first-order valence-corrected chi connectivity index (χ1v) is 10.1. The number of pyridine rings is 2. The van der Waals surface area contributed by atoms with Crippen molar-refractivity contribution in [2.24, 2.45) is 0 Å². The Hall–Kier alpha value is -3.74. The zero-order valence-corrected chi connectivity index (χ0v) is 16.7. The van der Waals surface area contributed by atoms with E-state index in [9.17, 15) is 4.79 Å². The number of benzene rings is 1. The van der Waals surface area contributed by atoms with Crippen molar-refractivity contribution >= 4 is 17.2 Å². The van der Waals surface area contributed by atoms with Crippen LogP contribution in [0, 0.1) is 6.92 Å². The zero-order chi connectivity index (χ0) is 20.5. The quantitative estimate of drug-likeness (QED) is 0.552. The third-order valence-electron chi connectivity index (χ3n) is 5.55. The Labute approximate surface area is 174 Å². The Morgan fingerprint density at radius 1 is 1.10 bits per heavy atom. The maximum Gasteiger partial charge on any atom is 0.322 e. The molecule has 3 aromatic heterocycles. The van der Waals surface area contributed by atoms with E-state index in [1.165, 1.54) is 0 Å². The lowest BCUT2D eigenvalue weighted by atomic mass is 10.1. The Kier molecular flexibility index (Phi) is 4.63. The summed E-state index contributed by atoms with van der Waals surface area (Å²) >= 11 is 0. The van der Waals surface area contributed by atoms with Gasteiger partial charge in [-0.15, -0.1) is 5.10 Å². The van der Waals surface area contributed by atoms with Crippen molar-refractivity contribution in [1.29, 1.82) is 0 Å². The van der Waals surface area contributed by atoms with Crippen LogP contribution in [0.5, 0.6) is 0 Å². The van der Waals surface area contributed by atoms with E-state index < -0.39 is 0 Å². The van der Waals surface area contributed by atoms with E-state index in [-0.39, 0.29) is 12.1 Å². The fourth-order valence-electron chi connectivity index (χ4n) is 4.08. The number of carbonyl (C=O) groups excluding carboxylic acids is 1. The molecule has 30 heavy (non-hydrogen) atoms. The molecule has 0 radical (unpaired) electrons. The van der Waals surface area contributed by atoms with Crippen LogP contribution >= 0.6 is 0 Å². The number of carbonyl (C=O) groups is 1. The van der Waals surface area contributed by atoms with Gasteiger partial charge in [0.25, 0.3) is 0 Å². The third kappa shape index (κ3) is 3.39. The van der Waals surface area contributed by atoms with Crippen molar-refractivity contribution in [2.45, 2.75) is 25.8 Å². The second kappa shape index (κ2) is 7.59. The van der Waals surface area contributed by atoms with Crippen LogP contribution in [-0.4, -0.2) is 37.3 Å². The minimum atomic E-state index is -0.0994. The number of amides is 2. The highest BCUT2D eigenvalue weighted by atomic mass is 16.2. The highest BCUT2D eigenvalue weighted by molar-refractivity contribution is 5.90. The Bertz CT molecular complexity index is 1200. The van der Waals surface area contributed by atoms with Crippen LogP contribution in [0.25, 0.3) is 16.6 Å². The van der Waals surface area contributed by atoms with Crippen molar-refractivity contribution in [1.82, 2.24) is 24.7 Å². The largest absolute Gasteiger partial charge is 0.322 e. The van der Waals surface area contributed by atoms with Gasteiger partial charge in [0.05, 0.1) is 11.6 Å². The normalized spacial score (nSPS) is 16.2. The lowest BCUT2D eigenvalue weighted by Crippen LogP contribution is -2.34. The number of aromatic nitrogens is 4. The minimum absolute atomic E-state index is 0.0842. The van der Waals surface area contributed by atoms with Crippen LogP contribution in [0.15, 0.2) is 67.1 Å². The van der Waals surface area contributed by atoms with Crippen LogP contribution in [0.4, 0.5) is 10.5 Å². The SMILES string of the molecule is Cc1cccc(NC(=O)N2CCCC2c2nnn3cc(-c4ccncc4)ccc23)c1. The molecule has 1 aromatic carbocycles. The summed E-state index contributed by atoms with van der Waals surface area (Å²) in [6.07, 6.45) is 7.33. The van der Waals surface area contributed by atoms with Gasteiger partial charge in [-0.05, 0) is 61.2 Å². The number of hydrogen-bond acceptors (Lipinski definition) is 4. The molecule has 1 unspecified atom stereocenters. The van der Waals surface area contributed by atoms with E-state index >= 15 is 0 Å². The van der Waals surface area contributed by atoms with Crippen LogP contribution in [0.3, 0.4) is 0 Å². The van der Waals surface area contributed by atoms with Gasteiger partial charge in [-0.3, -0.25) is 4.98 Å². The van der Waals surface area contributed by atoms with Gasteiger partial charge in [-0.25, -0.2) is 9.31 Å². The summed E-state index contributed by atoms with van der Waals surface area (Å²) in [5.41, 5.74) is 5.80. The molecule has 0 saturated carbocycles. The summed E-state index contributed by atoms with van der Waals surface area (Å²) in [6.45, 7) is 2.72. The molecule has 1 fully saturated rings. The first kappa shape index (κ1) is 18.3. The van der Waals surface area contributed by atoms with E-state index in [1.807, 2.05) is 60.5 Å². The smallest absolute Gasteiger partial charge is 0.316 e. The van der Waals surface area contributed by atoms with E-state index in [0.717, 1.165) is 46.4 Å². The molecule has 2 amide bonds. The molecule has 1 aliphatic heterocycles. The zero-order valence-electron chi connectivity index (χ0n) is 16.7. The number of nitrogens with zero attached hydrogens (tertiary/aromatic N) is 5. The molecule has 1 atom stereocenters. The summed E-state index contributed by atoms with van der Waals surface area (Å²) in [5, 5.41) is 11.8. The molecule has 0 spiro atoms. The summed E-state index contributed by atoms with van der Waals surface area (Å²) in [6, 6.07) is 15.7. The van der Waals surface area contributed by atoms with Crippen molar-refractivity contribution in [3.05, 3.63) is 78.4 Å². The predicted molar refractivity (Wildman–Crippen MR) is 115 cm³/mol. The van der Waals surface area contributed by atoms with E-state index in [4.69, 9.17) is 0 Å². The maximum absolute atomic E-state index is 13.0. The Morgan fingerprint density at radius 2 is 1.97 bits per heavy atom. The fraction of sp³-hybridized carbons (Fsp3) is 0.217. The number of anilines is 1. The van der Waals surface area contributed by atoms with Crippen molar-refractivity contribution in [3.63, 3.8) is 0 Å². The van der Waals surface area contributed by atoms with Gasteiger partial charge < -0.3 is 10.2 Å². The van der Waals surface area contributed by atoms with Gasteiger partial charge in [0.1, 0.15) is 5.69 Å². The summed E-state index contributed by atoms with van der Waals surface area (Å²) in [7, 11) is 0. The molecule has 1 saturated heterocycles. The van der Waals surface area contributed by atoms with Crippen molar-refractivity contribution in [2.75, 3.05) is 11.9 Å². The second-order valence-electron chi connectivity index (χ2n) is 7.61. The summed E-state index contributed by atoms with van der Waals surface area (Å²) in [4.78, 5) is 18.9. The molecular weight excluding hydrogens is 376 g/mol. The van der Waals surface area contributed by atoms with Gasteiger partial charge in [0, 0.05) is 36.4 Å². The molecule has 4 heterocycles. The third-order valence-corrected chi connectivity index (χ3v) is 5.55. The number of urea groups is 1. The van der Waals surface area contributed by atoms with Crippen LogP contribution in [0.1, 0.15) is 30.1 Å². The van der Waals surface area contributed by atoms with Gasteiger partial charge in [-0.1, -0.05) is 23.4 Å².